The van der Waals surface area contributed by atoms with Gasteiger partial charge in [0.05, 0.1) is 14.2 Å². The average molecular weight is 278 g/mol. The number of carbonyl (C=O) groups is 1. The molecule has 0 aromatic heterocycles. The molecule has 1 aliphatic rings. The third-order valence-corrected chi connectivity index (χ3v) is 2.80. The molecule has 0 saturated heterocycles. The monoisotopic (exact) mass is 278 g/mol. The maximum absolute atomic E-state index is 12.0. The van der Waals surface area contributed by atoms with Crippen molar-refractivity contribution in [1.29, 1.82) is 0 Å². The van der Waals surface area contributed by atoms with Crippen molar-refractivity contribution in [3.8, 4) is 11.5 Å². The summed E-state index contributed by atoms with van der Waals surface area (Å²) in [5.74, 6) is 1.53. The summed E-state index contributed by atoms with van der Waals surface area (Å²) in [6.45, 7) is 1.51. The first-order chi connectivity index (χ1) is 9.74. The molecule has 2 rings (SSSR count). The van der Waals surface area contributed by atoms with Crippen molar-refractivity contribution in [3.05, 3.63) is 18.2 Å². The van der Waals surface area contributed by atoms with Crippen LogP contribution in [0.25, 0.3) is 0 Å². The Morgan fingerprint density at radius 3 is 2.50 bits per heavy atom. The van der Waals surface area contributed by atoms with Gasteiger partial charge in [-0.05, 0) is 18.6 Å². The predicted octanol–water partition coefficient (Wildman–Crippen LogP) is 1.17. The number of para-hydroxylation sites is 1. The summed E-state index contributed by atoms with van der Waals surface area (Å²) in [7, 11) is 3.06. The van der Waals surface area contributed by atoms with Crippen molar-refractivity contribution in [3.63, 3.8) is 0 Å². The molecular formula is C13H18N4O3. The third-order valence-electron chi connectivity index (χ3n) is 2.80. The van der Waals surface area contributed by atoms with E-state index in [4.69, 9.17) is 9.47 Å². The Balaban J connectivity index is 2.08. The van der Waals surface area contributed by atoms with Crippen molar-refractivity contribution in [2.24, 2.45) is 4.99 Å². The van der Waals surface area contributed by atoms with E-state index >= 15 is 0 Å². The summed E-state index contributed by atoms with van der Waals surface area (Å²) in [6, 6.07) is 4.87. The van der Waals surface area contributed by atoms with Crippen LogP contribution in [0.3, 0.4) is 0 Å². The standard InChI is InChI=1S/C13H18N4O3/c1-19-9-5-3-6-10(20-2)11(9)16-13(18)17-12-14-7-4-8-15-12/h3,5-6H,4,7-8H2,1-2H3,(H3,14,15,16,17,18). The van der Waals surface area contributed by atoms with Crippen LogP contribution in [0.4, 0.5) is 10.5 Å². The van der Waals surface area contributed by atoms with E-state index in [0.717, 1.165) is 13.0 Å². The molecule has 0 saturated carbocycles. The van der Waals surface area contributed by atoms with Crippen molar-refractivity contribution < 1.29 is 14.3 Å². The Labute approximate surface area is 117 Å². The molecule has 108 valence electrons. The van der Waals surface area contributed by atoms with Gasteiger partial charge in [-0.3, -0.25) is 10.3 Å². The summed E-state index contributed by atoms with van der Waals surface area (Å²) < 4.78 is 10.4. The molecule has 0 fully saturated rings. The fourth-order valence-electron chi connectivity index (χ4n) is 1.84. The molecule has 0 spiro atoms. The highest BCUT2D eigenvalue weighted by Crippen LogP contribution is 2.33. The maximum Gasteiger partial charge on any atom is 0.326 e. The number of anilines is 1. The summed E-state index contributed by atoms with van der Waals surface area (Å²) >= 11 is 0. The minimum absolute atomic E-state index is 0.402. The highest BCUT2D eigenvalue weighted by atomic mass is 16.5. The lowest BCUT2D eigenvalue weighted by atomic mass is 10.2. The van der Waals surface area contributed by atoms with Crippen LogP contribution in [0.1, 0.15) is 6.42 Å². The molecule has 0 bridgehead atoms. The molecular weight excluding hydrogens is 260 g/mol. The van der Waals surface area contributed by atoms with E-state index in [0.29, 0.717) is 29.7 Å². The SMILES string of the molecule is COc1cccc(OC)c1NC(=O)NC1=NCCCN1. The third kappa shape index (κ3) is 3.31. The number of hydrogen-bond acceptors (Lipinski definition) is 5. The molecule has 20 heavy (non-hydrogen) atoms. The van der Waals surface area contributed by atoms with Gasteiger partial charge in [0.1, 0.15) is 17.2 Å². The predicted molar refractivity (Wildman–Crippen MR) is 76.6 cm³/mol. The minimum Gasteiger partial charge on any atom is -0.494 e. The van der Waals surface area contributed by atoms with Gasteiger partial charge in [0, 0.05) is 13.1 Å². The fraction of sp³-hybridized carbons (Fsp3) is 0.385. The van der Waals surface area contributed by atoms with Gasteiger partial charge in [0.2, 0.25) is 0 Å². The highest BCUT2D eigenvalue weighted by molar-refractivity contribution is 6.03. The van der Waals surface area contributed by atoms with Crippen molar-refractivity contribution in [2.75, 3.05) is 32.6 Å². The summed E-state index contributed by atoms with van der Waals surface area (Å²) in [6.07, 6.45) is 0.965. The van der Waals surface area contributed by atoms with Crippen molar-refractivity contribution >= 4 is 17.7 Å². The van der Waals surface area contributed by atoms with Crippen LogP contribution in [-0.2, 0) is 0 Å². The molecule has 7 heteroatoms. The van der Waals surface area contributed by atoms with Crippen LogP contribution in [-0.4, -0.2) is 39.3 Å². The van der Waals surface area contributed by atoms with Crippen molar-refractivity contribution in [1.82, 2.24) is 10.6 Å². The number of nitrogens with one attached hydrogen (secondary N) is 3. The van der Waals surface area contributed by atoms with Gasteiger partial charge >= 0.3 is 6.03 Å². The van der Waals surface area contributed by atoms with Gasteiger partial charge < -0.3 is 20.1 Å². The zero-order valence-electron chi connectivity index (χ0n) is 11.5. The molecule has 0 atom stereocenters. The zero-order chi connectivity index (χ0) is 14.4. The van der Waals surface area contributed by atoms with E-state index in [-0.39, 0.29) is 0 Å². The van der Waals surface area contributed by atoms with E-state index < -0.39 is 6.03 Å². The molecule has 2 amide bonds. The van der Waals surface area contributed by atoms with E-state index in [9.17, 15) is 4.79 Å². The van der Waals surface area contributed by atoms with Gasteiger partial charge in [-0.2, -0.15) is 0 Å². The normalized spacial score (nSPS) is 13.8. The zero-order valence-corrected chi connectivity index (χ0v) is 11.5. The summed E-state index contributed by atoms with van der Waals surface area (Å²) in [4.78, 5) is 16.1. The Hall–Kier alpha value is -2.44. The number of guanidine groups is 1. The molecule has 3 N–H and O–H groups in total. The molecule has 1 aliphatic heterocycles. The molecule has 1 aromatic rings. The van der Waals surface area contributed by atoms with Gasteiger partial charge in [-0.15, -0.1) is 0 Å². The van der Waals surface area contributed by atoms with Crippen LogP contribution < -0.4 is 25.4 Å². The highest BCUT2D eigenvalue weighted by Gasteiger charge is 2.14. The first kappa shape index (κ1) is 14.0. The molecule has 0 radical (unpaired) electrons. The van der Waals surface area contributed by atoms with Crippen molar-refractivity contribution in [2.45, 2.75) is 6.42 Å². The summed E-state index contributed by atoms with van der Waals surface area (Å²) in [5.41, 5.74) is 0.478. The van der Waals surface area contributed by atoms with Gasteiger partial charge in [-0.1, -0.05) is 6.07 Å². The van der Waals surface area contributed by atoms with Crippen LogP contribution in [0.2, 0.25) is 0 Å². The topological polar surface area (TPSA) is 84.0 Å². The van der Waals surface area contributed by atoms with E-state index in [2.05, 4.69) is 20.9 Å². The van der Waals surface area contributed by atoms with Crippen LogP contribution in [0.5, 0.6) is 11.5 Å². The van der Waals surface area contributed by atoms with Crippen LogP contribution in [0, 0.1) is 0 Å². The molecule has 1 heterocycles. The lowest BCUT2D eigenvalue weighted by Crippen LogP contribution is -2.45. The smallest absolute Gasteiger partial charge is 0.326 e. The Morgan fingerprint density at radius 1 is 1.25 bits per heavy atom. The average Bonchev–Trinajstić information content (AvgIpc) is 2.48. The van der Waals surface area contributed by atoms with Crippen LogP contribution >= 0.6 is 0 Å². The molecule has 7 nitrogen and oxygen atoms in total. The number of aliphatic imine (C=N–C) groups is 1. The Bertz CT molecular complexity index is 494. The number of urea groups is 1. The number of ether oxygens (including phenoxy) is 2. The number of amides is 2. The number of hydrogen-bond donors (Lipinski definition) is 3. The van der Waals surface area contributed by atoms with E-state index in [1.54, 1.807) is 18.2 Å². The second-order valence-electron chi connectivity index (χ2n) is 4.13. The number of carbonyl (C=O) groups excluding carboxylic acids is 1. The number of nitrogens with zero attached hydrogens (tertiary/aromatic N) is 1. The molecule has 1 aromatic carbocycles. The second kappa shape index (κ2) is 6.65. The Kier molecular flexibility index (Phi) is 4.65. The van der Waals surface area contributed by atoms with Gasteiger partial charge in [0.15, 0.2) is 5.96 Å². The maximum atomic E-state index is 12.0. The van der Waals surface area contributed by atoms with E-state index in [1.165, 1.54) is 14.2 Å². The quantitative estimate of drug-likeness (QED) is 0.775. The van der Waals surface area contributed by atoms with Gasteiger partial charge in [0.25, 0.3) is 0 Å². The first-order valence-corrected chi connectivity index (χ1v) is 6.32. The fourth-order valence-corrected chi connectivity index (χ4v) is 1.84. The molecule has 0 unspecified atom stereocenters. The van der Waals surface area contributed by atoms with Crippen LogP contribution in [0.15, 0.2) is 23.2 Å². The largest absolute Gasteiger partial charge is 0.494 e. The van der Waals surface area contributed by atoms with Gasteiger partial charge in [-0.25, -0.2) is 4.79 Å². The number of benzene rings is 1. The summed E-state index contributed by atoms with van der Waals surface area (Å²) in [5, 5.41) is 8.36. The van der Waals surface area contributed by atoms with E-state index in [1.807, 2.05) is 0 Å². The Morgan fingerprint density at radius 2 is 1.95 bits per heavy atom. The lowest BCUT2D eigenvalue weighted by Gasteiger charge is -2.17. The second-order valence-corrected chi connectivity index (χ2v) is 4.13. The minimum atomic E-state index is -0.402. The number of methoxy groups -OCH3 is 2. The first-order valence-electron chi connectivity index (χ1n) is 6.32. The lowest BCUT2D eigenvalue weighted by molar-refractivity contribution is 0.255. The number of rotatable bonds is 3. The molecule has 0 aliphatic carbocycles.